The molecule has 0 atom stereocenters. The average Bonchev–Trinajstić information content (AvgIpc) is 2.92. The second-order valence-electron chi connectivity index (χ2n) is 6.47. The molecule has 5 nitrogen and oxygen atoms in total. The van der Waals surface area contributed by atoms with Crippen LogP contribution in [0.2, 0.25) is 0 Å². The Balaban J connectivity index is 1.72. The largest absolute Gasteiger partial charge is 0.367 e. The van der Waals surface area contributed by atoms with Gasteiger partial charge in [-0.15, -0.1) is 11.3 Å². The maximum atomic E-state index is 6.12. The molecule has 0 unspecified atom stereocenters. The molecule has 0 spiro atoms. The Kier molecular flexibility index (Phi) is 3.13. The summed E-state index contributed by atoms with van der Waals surface area (Å²) < 4.78 is 0. The van der Waals surface area contributed by atoms with Gasteiger partial charge in [0.05, 0.1) is 11.0 Å². The van der Waals surface area contributed by atoms with Gasteiger partial charge in [-0.3, -0.25) is 0 Å². The molecule has 0 amide bonds. The monoisotopic (exact) mass is 303 g/mol. The zero-order valence-electron chi connectivity index (χ0n) is 12.1. The standard InChI is InChI=1S/C15H21N5S/c16-15(17)6-10-11(7-15)21-14-12(10)13(18-8-19-14)20-9-4-2-1-3-5-9/h8-9H,1-7,16-17H2,(H,18,19,20). The Morgan fingerprint density at radius 2 is 1.95 bits per heavy atom. The van der Waals surface area contributed by atoms with Crippen molar-refractivity contribution >= 4 is 27.4 Å². The summed E-state index contributed by atoms with van der Waals surface area (Å²) in [5, 5.41) is 4.79. The molecule has 0 aliphatic heterocycles. The average molecular weight is 303 g/mol. The van der Waals surface area contributed by atoms with E-state index < -0.39 is 5.66 Å². The normalized spacial score (nSPS) is 21.6. The van der Waals surface area contributed by atoms with E-state index in [1.807, 2.05) is 0 Å². The maximum absolute atomic E-state index is 6.12. The Labute approximate surface area is 128 Å². The van der Waals surface area contributed by atoms with E-state index in [0.29, 0.717) is 6.04 Å². The van der Waals surface area contributed by atoms with Gasteiger partial charge in [-0.2, -0.15) is 0 Å². The minimum absolute atomic E-state index is 0.536. The van der Waals surface area contributed by atoms with Crippen molar-refractivity contribution in [2.24, 2.45) is 11.5 Å². The highest BCUT2D eigenvalue weighted by atomic mass is 32.1. The van der Waals surface area contributed by atoms with Crippen LogP contribution in [0.25, 0.3) is 10.2 Å². The molecule has 112 valence electrons. The van der Waals surface area contributed by atoms with Crippen molar-refractivity contribution in [3.8, 4) is 0 Å². The van der Waals surface area contributed by atoms with Crippen molar-refractivity contribution < 1.29 is 0 Å². The first-order valence-corrected chi connectivity index (χ1v) is 8.54. The third-order valence-corrected chi connectivity index (χ3v) is 5.75. The third-order valence-electron chi connectivity index (χ3n) is 4.61. The van der Waals surface area contributed by atoms with E-state index in [-0.39, 0.29) is 0 Å². The second-order valence-corrected chi connectivity index (χ2v) is 7.56. The fourth-order valence-electron chi connectivity index (χ4n) is 3.61. The van der Waals surface area contributed by atoms with Crippen LogP contribution in [0.5, 0.6) is 0 Å². The Morgan fingerprint density at radius 3 is 2.76 bits per heavy atom. The fourth-order valence-corrected chi connectivity index (χ4v) is 4.90. The van der Waals surface area contributed by atoms with Crippen LogP contribution in [0.4, 0.5) is 5.82 Å². The molecule has 2 aromatic heterocycles. The number of fused-ring (bicyclic) bond motifs is 3. The van der Waals surface area contributed by atoms with Gasteiger partial charge in [0.15, 0.2) is 0 Å². The van der Waals surface area contributed by atoms with Crippen molar-refractivity contribution in [1.29, 1.82) is 0 Å². The Hall–Kier alpha value is -1.24. The Morgan fingerprint density at radius 1 is 1.14 bits per heavy atom. The quantitative estimate of drug-likeness (QED) is 0.740. The highest BCUT2D eigenvalue weighted by molar-refractivity contribution is 7.19. The van der Waals surface area contributed by atoms with Crippen molar-refractivity contribution in [3.05, 3.63) is 16.8 Å². The van der Waals surface area contributed by atoms with Gasteiger partial charge in [0.2, 0.25) is 0 Å². The van der Waals surface area contributed by atoms with E-state index in [1.165, 1.54) is 42.5 Å². The first-order chi connectivity index (χ1) is 10.1. The minimum atomic E-state index is -0.604. The van der Waals surface area contributed by atoms with E-state index in [4.69, 9.17) is 11.5 Å². The minimum Gasteiger partial charge on any atom is -0.367 e. The molecule has 2 aromatic rings. The molecule has 1 saturated carbocycles. The molecule has 2 heterocycles. The van der Waals surface area contributed by atoms with E-state index in [2.05, 4.69) is 15.3 Å². The van der Waals surface area contributed by atoms with Crippen molar-refractivity contribution in [2.75, 3.05) is 5.32 Å². The number of nitrogens with one attached hydrogen (secondary N) is 1. The van der Waals surface area contributed by atoms with Crippen LogP contribution >= 0.6 is 11.3 Å². The molecule has 0 saturated heterocycles. The number of nitrogens with two attached hydrogens (primary N) is 2. The molecule has 6 heteroatoms. The molecule has 0 radical (unpaired) electrons. The lowest BCUT2D eigenvalue weighted by Crippen LogP contribution is -2.50. The summed E-state index contributed by atoms with van der Waals surface area (Å²) in [5.41, 5.74) is 12.9. The van der Waals surface area contributed by atoms with Gasteiger partial charge in [-0.05, 0) is 18.4 Å². The molecular weight excluding hydrogens is 282 g/mol. The summed E-state index contributed by atoms with van der Waals surface area (Å²) in [6.07, 6.45) is 9.56. The molecule has 1 fully saturated rings. The van der Waals surface area contributed by atoms with Crippen LogP contribution in [-0.2, 0) is 12.8 Å². The zero-order chi connectivity index (χ0) is 14.4. The van der Waals surface area contributed by atoms with Crippen LogP contribution in [0, 0.1) is 0 Å². The van der Waals surface area contributed by atoms with Crippen molar-refractivity contribution in [1.82, 2.24) is 9.97 Å². The molecule has 21 heavy (non-hydrogen) atoms. The summed E-state index contributed by atoms with van der Waals surface area (Å²) >= 11 is 1.71. The van der Waals surface area contributed by atoms with Gasteiger partial charge < -0.3 is 16.8 Å². The lowest BCUT2D eigenvalue weighted by atomic mass is 9.95. The molecular formula is C15H21N5S. The molecule has 4 rings (SSSR count). The number of aromatic nitrogens is 2. The van der Waals surface area contributed by atoms with Crippen molar-refractivity contribution in [2.45, 2.75) is 56.7 Å². The van der Waals surface area contributed by atoms with Crippen LogP contribution in [0.15, 0.2) is 6.33 Å². The first-order valence-electron chi connectivity index (χ1n) is 7.72. The number of thiophene rings is 1. The van der Waals surface area contributed by atoms with Gasteiger partial charge in [-0.25, -0.2) is 9.97 Å². The highest BCUT2D eigenvalue weighted by Crippen LogP contribution is 2.41. The molecule has 2 aliphatic rings. The number of anilines is 1. The zero-order valence-corrected chi connectivity index (χ0v) is 12.9. The molecule has 0 bridgehead atoms. The summed E-state index contributed by atoms with van der Waals surface area (Å²) in [6.45, 7) is 0. The Bertz CT molecular complexity index is 672. The van der Waals surface area contributed by atoms with Crippen LogP contribution in [0.3, 0.4) is 0 Å². The highest BCUT2D eigenvalue weighted by Gasteiger charge is 2.34. The van der Waals surface area contributed by atoms with E-state index in [9.17, 15) is 0 Å². The van der Waals surface area contributed by atoms with Gasteiger partial charge in [0.1, 0.15) is 17.0 Å². The van der Waals surface area contributed by atoms with Crippen LogP contribution in [0.1, 0.15) is 42.5 Å². The molecule has 5 N–H and O–H groups in total. The summed E-state index contributed by atoms with van der Waals surface area (Å²) in [7, 11) is 0. The predicted molar refractivity (Wildman–Crippen MR) is 86.4 cm³/mol. The van der Waals surface area contributed by atoms with Gasteiger partial charge >= 0.3 is 0 Å². The lowest BCUT2D eigenvalue weighted by Gasteiger charge is -2.23. The molecule has 0 aromatic carbocycles. The number of hydrogen-bond donors (Lipinski definition) is 3. The summed E-state index contributed by atoms with van der Waals surface area (Å²) in [6, 6.07) is 0.536. The van der Waals surface area contributed by atoms with E-state index in [0.717, 1.165) is 28.9 Å². The van der Waals surface area contributed by atoms with Gasteiger partial charge in [0, 0.05) is 23.8 Å². The number of nitrogens with zero attached hydrogens (tertiary/aromatic N) is 2. The SMILES string of the molecule is NC1(N)Cc2sc3ncnc(NC4CCCCC4)c3c2C1. The fraction of sp³-hybridized carbons (Fsp3) is 0.600. The van der Waals surface area contributed by atoms with E-state index >= 15 is 0 Å². The smallest absolute Gasteiger partial charge is 0.138 e. The molecule has 2 aliphatic carbocycles. The first kappa shape index (κ1) is 13.4. The van der Waals surface area contributed by atoms with E-state index in [1.54, 1.807) is 17.7 Å². The lowest BCUT2D eigenvalue weighted by molar-refractivity contribution is 0.462. The number of hydrogen-bond acceptors (Lipinski definition) is 6. The summed E-state index contributed by atoms with van der Waals surface area (Å²) in [5.74, 6) is 0.974. The summed E-state index contributed by atoms with van der Waals surface area (Å²) in [4.78, 5) is 11.3. The predicted octanol–water partition coefficient (Wildman–Crippen LogP) is 2.15. The maximum Gasteiger partial charge on any atom is 0.138 e. The van der Waals surface area contributed by atoms with Crippen LogP contribution < -0.4 is 16.8 Å². The van der Waals surface area contributed by atoms with Gasteiger partial charge in [-0.1, -0.05) is 19.3 Å². The number of rotatable bonds is 2. The topological polar surface area (TPSA) is 89.9 Å². The van der Waals surface area contributed by atoms with Crippen LogP contribution in [-0.4, -0.2) is 21.7 Å². The van der Waals surface area contributed by atoms with Gasteiger partial charge in [0.25, 0.3) is 0 Å². The second kappa shape index (κ2) is 4.90. The van der Waals surface area contributed by atoms with Crippen molar-refractivity contribution in [3.63, 3.8) is 0 Å². The third kappa shape index (κ3) is 2.41.